The molecule has 5 nitrogen and oxygen atoms in total. The van der Waals surface area contributed by atoms with Crippen molar-refractivity contribution in [2.75, 3.05) is 6.61 Å². The van der Waals surface area contributed by atoms with Crippen molar-refractivity contribution in [3.05, 3.63) is 42.0 Å². The van der Waals surface area contributed by atoms with Gasteiger partial charge in [-0.05, 0) is 18.6 Å². The van der Waals surface area contributed by atoms with Gasteiger partial charge in [-0.3, -0.25) is 4.57 Å². The second-order valence-corrected chi connectivity index (χ2v) is 3.96. The van der Waals surface area contributed by atoms with Crippen LogP contribution in [0, 0.1) is 0 Å². The molecule has 2 aromatic rings. The average Bonchev–Trinajstić information content (AvgIpc) is 2.83. The van der Waals surface area contributed by atoms with Crippen LogP contribution >= 0.6 is 0 Å². The minimum atomic E-state index is 0.357. The van der Waals surface area contributed by atoms with Crippen LogP contribution in [0.25, 0.3) is 5.69 Å². The maximum atomic E-state index is 5.69. The topological polar surface area (TPSA) is 66.0 Å². The first-order valence-electron chi connectivity index (χ1n) is 6.13. The Kier molecular flexibility index (Phi) is 4.44. The normalized spacial score (nSPS) is 10.8. The molecule has 5 heteroatoms. The van der Waals surface area contributed by atoms with Gasteiger partial charge in [-0.25, -0.2) is 0 Å². The molecule has 0 aliphatic rings. The molecule has 18 heavy (non-hydrogen) atoms. The molecule has 2 rings (SSSR count). The third-order valence-corrected chi connectivity index (χ3v) is 2.57. The van der Waals surface area contributed by atoms with Crippen molar-refractivity contribution in [3.8, 4) is 5.69 Å². The molecule has 96 valence electrons. The van der Waals surface area contributed by atoms with Crippen molar-refractivity contribution < 1.29 is 4.74 Å². The van der Waals surface area contributed by atoms with Crippen LogP contribution in [-0.2, 0) is 17.9 Å². The van der Waals surface area contributed by atoms with Gasteiger partial charge in [0.05, 0.1) is 6.54 Å². The van der Waals surface area contributed by atoms with Crippen LogP contribution in [0.15, 0.2) is 30.3 Å². The van der Waals surface area contributed by atoms with Gasteiger partial charge in [0.25, 0.3) is 0 Å². The van der Waals surface area contributed by atoms with Crippen LogP contribution in [0.3, 0.4) is 0 Å². The summed E-state index contributed by atoms with van der Waals surface area (Å²) in [4.78, 5) is 0. The number of para-hydroxylation sites is 1. The standard InChI is InChI=1S/C13H18N4O/c1-2-8-18-10-13-16-15-12(9-14)17(13)11-6-4-3-5-7-11/h3-7H,2,8-10,14H2,1H3. The lowest BCUT2D eigenvalue weighted by Crippen LogP contribution is -2.10. The maximum Gasteiger partial charge on any atom is 0.163 e. The highest BCUT2D eigenvalue weighted by atomic mass is 16.5. The first kappa shape index (κ1) is 12.7. The van der Waals surface area contributed by atoms with E-state index in [1.807, 2.05) is 34.9 Å². The monoisotopic (exact) mass is 246 g/mol. The van der Waals surface area contributed by atoms with E-state index in [0.717, 1.165) is 30.4 Å². The fourth-order valence-electron chi connectivity index (χ4n) is 1.76. The summed E-state index contributed by atoms with van der Waals surface area (Å²) in [6, 6.07) is 9.94. The number of ether oxygens (including phenoxy) is 1. The van der Waals surface area contributed by atoms with Crippen LogP contribution in [-0.4, -0.2) is 21.4 Å². The van der Waals surface area contributed by atoms with Crippen molar-refractivity contribution in [3.63, 3.8) is 0 Å². The van der Waals surface area contributed by atoms with Gasteiger partial charge in [0.1, 0.15) is 6.61 Å². The molecule has 0 amide bonds. The zero-order chi connectivity index (χ0) is 12.8. The Hall–Kier alpha value is -1.72. The van der Waals surface area contributed by atoms with Gasteiger partial charge >= 0.3 is 0 Å². The van der Waals surface area contributed by atoms with Gasteiger partial charge in [0, 0.05) is 12.3 Å². The van der Waals surface area contributed by atoms with E-state index < -0.39 is 0 Å². The molecule has 2 N–H and O–H groups in total. The van der Waals surface area contributed by atoms with Gasteiger partial charge in [0.2, 0.25) is 0 Å². The Bertz CT molecular complexity index is 481. The van der Waals surface area contributed by atoms with Gasteiger partial charge in [-0.2, -0.15) is 0 Å². The zero-order valence-corrected chi connectivity index (χ0v) is 10.5. The van der Waals surface area contributed by atoms with Crippen LogP contribution in [0.5, 0.6) is 0 Å². The molecule has 0 aliphatic heterocycles. The summed E-state index contributed by atoms with van der Waals surface area (Å²) >= 11 is 0. The highest BCUT2D eigenvalue weighted by Gasteiger charge is 2.12. The number of aromatic nitrogens is 3. The Morgan fingerprint density at radius 3 is 2.56 bits per heavy atom. The molecular weight excluding hydrogens is 228 g/mol. The molecule has 1 heterocycles. The van der Waals surface area contributed by atoms with Crippen LogP contribution < -0.4 is 5.73 Å². The molecule has 0 saturated carbocycles. The number of benzene rings is 1. The van der Waals surface area contributed by atoms with Crippen LogP contribution in [0.2, 0.25) is 0 Å². The molecule has 0 spiro atoms. The molecule has 1 aromatic carbocycles. The van der Waals surface area contributed by atoms with Crippen LogP contribution in [0.4, 0.5) is 0 Å². The maximum absolute atomic E-state index is 5.69. The number of hydrogen-bond donors (Lipinski definition) is 1. The molecule has 0 fully saturated rings. The Labute approximate surface area is 107 Å². The highest BCUT2D eigenvalue weighted by molar-refractivity contribution is 5.33. The minimum absolute atomic E-state index is 0.357. The summed E-state index contributed by atoms with van der Waals surface area (Å²) in [6.07, 6.45) is 0.989. The van der Waals surface area contributed by atoms with Gasteiger partial charge in [-0.1, -0.05) is 25.1 Å². The first-order valence-corrected chi connectivity index (χ1v) is 6.13. The summed E-state index contributed by atoms with van der Waals surface area (Å²) in [5.41, 5.74) is 6.70. The predicted octanol–water partition coefficient (Wildman–Crippen LogP) is 1.65. The quantitative estimate of drug-likeness (QED) is 0.787. The number of nitrogens with two attached hydrogens (primary N) is 1. The van der Waals surface area contributed by atoms with Crippen molar-refractivity contribution in [2.24, 2.45) is 5.73 Å². The summed E-state index contributed by atoms with van der Waals surface area (Å²) in [5.74, 6) is 1.53. The second kappa shape index (κ2) is 6.28. The van der Waals surface area contributed by atoms with E-state index in [0.29, 0.717) is 13.2 Å². The van der Waals surface area contributed by atoms with E-state index in [1.165, 1.54) is 0 Å². The van der Waals surface area contributed by atoms with Crippen LogP contribution in [0.1, 0.15) is 25.0 Å². The summed E-state index contributed by atoms with van der Waals surface area (Å²) in [7, 11) is 0. The third-order valence-electron chi connectivity index (χ3n) is 2.57. The molecule has 1 aromatic heterocycles. The Balaban J connectivity index is 2.28. The molecule has 0 unspecified atom stereocenters. The molecule has 0 saturated heterocycles. The van der Waals surface area contributed by atoms with E-state index in [1.54, 1.807) is 0 Å². The lowest BCUT2D eigenvalue weighted by molar-refractivity contribution is 0.115. The van der Waals surface area contributed by atoms with E-state index >= 15 is 0 Å². The van der Waals surface area contributed by atoms with Crippen molar-refractivity contribution in [1.82, 2.24) is 14.8 Å². The Morgan fingerprint density at radius 1 is 1.17 bits per heavy atom. The lowest BCUT2D eigenvalue weighted by Gasteiger charge is -2.09. The van der Waals surface area contributed by atoms with Crippen molar-refractivity contribution >= 4 is 0 Å². The molecule has 0 bridgehead atoms. The largest absolute Gasteiger partial charge is 0.373 e. The molecular formula is C13H18N4O. The molecule has 0 atom stereocenters. The number of nitrogens with zero attached hydrogens (tertiary/aromatic N) is 3. The summed E-state index contributed by atoms with van der Waals surface area (Å²) < 4.78 is 7.48. The average molecular weight is 246 g/mol. The van der Waals surface area contributed by atoms with Gasteiger partial charge < -0.3 is 10.5 Å². The highest BCUT2D eigenvalue weighted by Crippen LogP contribution is 2.13. The number of rotatable bonds is 6. The first-order chi connectivity index (χ1) is 8.86. The molecule has 0 radical (unpaired) electrons. The Morgan fingerprint density at radius 2 is 1.89 bits per heavy atom. The smallest absolute Gasteiger partial charge is 0.163 e. The minimum Gasteiger partial charge on any atom is -0.373 e. The summed E-state index contributed by atoms with van der Waals surface area (Å²) in [5, 5.41) is 8.24. The second-order valence-electron chi connectivity index (χ2n) is 3.96. The summed E-state index contributed by atoms with van der Waals surface area (Å²) in [6.45, 7) is 3.61. The van der Waals surface area contributed by atoms with E-state index in [-0.39, 0.29) is 0 Å². The molecule has 0 aliphatic carbocycles. The third kappa shape index (κ3) is 2.75. The zero-order valence-electron chi connectivity index (χ0n) is 10.5. The predicted molar refractivity (Wildman–Crippen MR) is 69.2 cm³/mol. The van der Waals surface area contributed by atoms with E-state index in [9.17, 15) is 0 Å². The van der Waals surface area contributed by atoms with Crippen molar-refractivity contribution in [2.45, 2.75) is 26.5 Å². The van der Waals surface area contributed by atoms with Gasteiger partial charge in [-0.15, -0.1) is 10.2 Å². The number of hydrogen-bond acceptors (Lipinski definition) is 4. The fraction of sp³-hybridized carbons (Fsp3) is 0.385. The fourth-order valence-corrected chi connectivity index (χ4v) is 1.76. The van der Waals surface area contributed by atoms with Gasteiger partial charge in [0.15, 0.2) is 11.6 Å². The SMILES string of the molecule is CCCOCc1nnc(CN)n1-c1ccccc1. The van der Waals surface area contributed by atoms with E-state index in [2.05, 4.69) is 17.1 Å². The van der Waals surface area contributed by atoms with E-state index in [4.69, 9.17) is 10.5 Å². The lowest BCUT2D eigenvalue weighted by atomic mass is 10.3. The van der Waals surface area contributed by atoms with Crippen molar-refractivity contribution in [1.29, 1.82) is 0 Å².